The molecule has 1 unspecified atom stereocenters. The van der Waals surface area contributed by atoms with Gasteiger partial charge in [0.05, 0.1) is 12.0 Å². The van der Waals surface area contributed by atoms with Gasteiger partial charge in [-0.3, -0.25) is 0 Å². The Bertz CT molecular complexity index is 469. The second-order valence-corrected chi connectivity index (χ2v) is 3.46. The fraction of sp³-hybridized carbons (Fsp3) is 0.0833. The first-order chi connectivity index (χ1) is 6.95. The van der Waals surface area contributed by atoms with E-state index in [0.29, 0.717) is 5.92 Å². The average Bonchev–Trinajstić information content (AvgIpc) is 2.85. The molecule has 14 heavy (non-hydrogen) atoms. The summed E-state index contributed by atoms with van der Waals surface area (Å²) in [5.74, 6) is 0.331. The van der Waals surface area contributed by atoms with Gasteiger partial charge in [-0.05, 0) is 11.1 Å². The monoisotopic (exact) mass is 182 g/mol. The number of hydrogen-bond acceptors (Lipinski definition) is 1. The molecule has 1 aliphatic rings. The van der Waals surface area contributed by atoms with Crippen molar-refractivity contribution in [3.8, 4) is 0 Å². The molecule has 0 saturated carbocycles. The first-order valence-corrected chi connectivity index (χ1v) is 4.71. The minimum Gasteiger partial charge on any atom is -0.351 e. The zero-order valence-corrected chi connectivity index (χ0v) is 7.64. The van der Waals surface area contributed by atoms with E-state index in [1.807, 2.05) is 6.20 Å². The molecule has 1 aliphatic carbocycles. The molecule has 0 bridgehead atoms. The molecule has 0 spiro atoms. The van der Waals surface area contributed by atoms with E-state index >= 15 is 0 Å². The molecular weight excluding hydrogens is 172 g/mol. The Hall–Kier alpha value is -1.83. The van der Waals surface area contributed by atoms with Crippen molar-refractivity contribution in [1.29, 1.82) is 0 Å². The third-order valence-corrected chi connectivity index (χ3v) is 2.64. The SMILES string of the molecule is C1=CC(c2c[nH]cn2)c2ccccc21. The van der Waals surface area contributed by atoms with Crippen LogP contribution in [0.5, 0.6) is 0 Å². The molecule has 0 aliphatic heterocycles. The highest BCUT2D eigenvalue weighted by molar-refractivity contribution is 5.64. The summed E-state index contributed by atoms with van der Waals surface area (Å²) < 4.78 is 0. The van der Waals surface area contributed by atoms with E-state index in [2.05, 4.69) is 46.4 Å². The van der Waals surface area contributed by atoms with Crippen molar-refractivity contribution in [3.05, 3.63) is 59.7 Å². The maximum atomic E-state index is 4.29. The molecular formula is C12H10N2. The van der Waals surface area contributed by atoms with Crippen molar-refractivity contribution >= 4 is 6.08 Å². The summed E-state index contributed by atoms with van der Waals surface area (Å²) in [5.41, 5.74) is 3.74. The van der Waals surface area contributed by atoms with Gasteiger partial charge in [0.25, 0.3) is 0 Å². The number of aromatic nitrogens is 2. The summed E-state index contributed by atoms with van der Waals surface area (Å²) in [6, 6.07) is 8.44. The molecule has 1 atom stereocenters. The molecule has 0 radical (unpaired) electrons. The highest BCUT2D eigenvalue weighted by Gasteiger charge is 2.19. The quantitative estimate of drug-likeness (QED) is 0.721. The number of rotatable bonds is 1. The molecule has 1 heterocycles. The van der Waals surface area contributed by atoms with Gasteiger partial charge in [-0.25, -0.2) is 4.98 Å². The third-order valence-electron chi connectivity index (χ3n) is 2.64. The van der Waals surface area contributed by atoms with Gasteiger partial charge >= 0.3 is 0 Å². The highest BCUT2D eigenvalue weighted by atomic mass is 14.9. The smallest absolute Gasteiger partial charge is 0.0923 e. The fourth-order valence-electron chi connectivity index (χ4n) is 1.95. The number of nitrogens with one attached hydrogen (secondary N) is 1. The summed E-state index contributed by atoms with van der Waals surface area (Å²) in [4.78, 5) is 7.28. The van der Waals surface area contributed by atoms with Crippen LogP contribution in [0.1, 0.15) is 22.7 Å². The van der Waals surface area contributed by atoms with Crippen molar-refractivity contribution in [3.63, 3.8) is 0 Å². The van der Waals surface area contributed by atoms with Crippen LogP contribution in [0.15, 0.2) is 42.9 Å². The van der Waals surface area contributed by atoms with Crippen LogP contribution in [0.25, 0.3) is 6.08 Å². The summed E-state index contributed by atoms with van der Waals surface area (Å²) in [6.07, 6.45) is 8.04. The maximum Gasteiger partial charge on any atom is 0.0923 e. The second kappa shape index (κ2) is 2.84. The van der Waals surface area contributed by atoms with Gasteiger partial charge in [0, 0.05) is 12.1 Å². The largest absolute Gasteiger partial charge is 0.351 e. The topological polar surface area (TPSA) is 28.7 Å². The third kappa shape index (κ3) is 1.01. The summed E-state index contributed by atoms with van der Waals surface area (Å²) in [5, 5.41) is 0. The van der Waals surface area contributed by atoms with Crippen LogP contribution in [0.4, 0.5) is 0 Å². The van der Waals surface area contributed by atoms with Crippen LogP contribution in [0.2, 0.25) is 0 Å². The van der Waals surface area contributed by atoms with Crippen molar-refractivity contribution in [2.45, 2.75) is 5.92 Å². The maximum absolute atomic E-state index is 4.29. The van der Waals surface area contributed by atoms with Crippen LogP contribution in [0.3, 0.4) is 0 Å². The van der Waals surface area contributed by atoms with Crippen molar-refractivity contribution in [2.24, 2.45) is 0 Å². The molecule has 1 aromatic carbocycles. The van der Waals surface area contributed by atoms with Crippen LogP contribution in [0, 0.1) is 0 Å². The van der Waals surface area contributed by atoms with Crippen LogP contribution >= 0.6 is 0 Å². The first kappa shape index (κ1) is 7.56. The molecule has 0 saturated heterocycles. The minimum absolute atomic E-state index is 0.331. The molecule has 68 valence electrons. The predicted molar refractivity (Wildman–Crippen MR) is 55.9 cm³/mol. The van der Waals surface area contributed by atoms with Gasteiger partial charge in [-0.2, -0.15) is 0 Å². The van der Waals surface area contributed by atoms with E-state index in [1.165, 1.54) is 11.1 Å². The molecule has 2 nitrogen and oxygen atoms in total. The number of fused-ring (bicyclic) bond motifs is 1. The number of nitrogens with zero attached hydrogens (tertiary/aromatic N) is 1. The standard InChI is InChI=1S/C12H10N2/c1-2-4-10-9(3-1)5-6-11(10)12-7-13-8-14-12/h1-8,11H,(H,13,14). The van der Waals surface area contributed by atoms with E-state index in [9.17, 15) is 0 Å². The molecule has 1 N–H and O–H groups in total. The van der Waals surface area contributed by atoms with Crippen LogP contribution < -0.4 is 0 Å². The van der Waals surface area contributed by atoms with Gasteiger partial charge in [-0.1, -0.05) is 36.4 Å². The zero-order chi connectivity index (χ0) is 9.38. The van der Waals surface area contributed by atoms with E-state index in [1.54, 1.807) is 6.33 Å². The van der Waals surface area contributed by atoms with Gasteiger partial charge in [-0.15, -0.1) is 0 Å². The Morgan fingerprint density at radius 1 is 1.21 bits per heavy atom. The average molecular weight is 182 g/mol. The Kier molecular flexibility index (Phi) is 1.53. The van der Waals surface area contributed by atoms with E-state index in [-0.39, 0.29) is 0 Å². The first-order valence-electron chi connectivity index (χ1n) is 4.71. The molecule has 2 aromatic rings. The molecule has 2 heteroatoms. The lowest BCUT2D eigenvalue weighted by atomic mass is 9.98. The van der Waals surface area contributed by atoms with Gasteiger partial charge in [0.1, 0.15) is 0 Å². The minimum atomic E-state index is 0.331. The lowest BCUT2D eigenvalue weighted by Gasteiger charge is -2.06. The van der Waals surface area contributed by atoms with E-state index in [0.717, 1.165) is 5.69 Å². The summed E-state index contributed by atoms with van der Waals surface area (Å²) in [7, 11) is 0. The lowest BCUT2D eigenvalue weighted by molar-refractivity contribution is 0.991. The number of hydrogen-bond donors (Lipinski definition) is 1. The Morgan fingerprint density at radius 2 is 2.14 bits per heavy atom. The molecule has 0 fully saturated rings. The fourth-order valence-corrected chi connectivity index (χ4v) is 1.95. The summed E-state index contributed by atoms with van der Waals surface area (Å²) >= 11 is 0. The van der Waals surface area contributed by atoms with Gasteiger partial charge < -0.3 is 4.98 Å². The predicted octanol–water partition coefficient (Wildman–Crippen LogP) is 2.57. The van der Waals surface area contributed by atoms with Crippen LogP contribution in [-0.4, -0.2) is 9.97 Å². The normalized spacial score (nSPS) is 18.4. The van der Waals surface area contributed by atoms with Crippen molar-refractivity contribution < 1.29 is 0 Å². The molecule has 0 amide bonds. The number of imidazole rings is 1. The van der Waals surface area contributed by atoms with Crippen molar-refractivity contribution in [1.82, 2.24) is 9.97 Å². The van der Waals surface area contributed by atoms with Gasteiger partial charge in [0.15, 0.2) is 0 Å². The molecule has 3 rings (SSSR count). The second-order valence-electron chi connectivity index (χ2n) is 3.46. The number of allylic oxidation sites excluding steroid dienone is 1. The van der Waals surface area contributed by atoms with Crippen LogP contribution in [-0.2, 0) is 0 Å². The zero-order valence-electron chi connectivity index (χ0n) is 7.64. The number of aromatic amines is 1. The molecule has 1 aromatic heterocycles. The van der Waals surface area contributed by atoms with Crippen molar-refractivity contribution in [2.75, 3.05) is 0 Å². The lowest BCUT2D eigenvalue weighted by Crippen LogP contribution is -1.95. The highest BCUT2D eigenvalue weighted by Crippen LogP contribution is 2.33. The van der Waals surface area contributed by atoms with E-state index in [4.69, 9.17) is 0 Å². The Balaban J connectivity index is 2.11. The Morgan fingerprint density at radius 3 is 3.00 bits per heavy atom. The Labute approximate surface area is 82.3 Å². The summed E-state index contributed by atoms with van der Waals surface area (Å²) in [6.45, 7) is 0. The van der Waals surface area contributed by atoms with Gasteiger partial charge in [0.2, 0.25) is 0 Å². The number of H-pyrrole nitrogens is 1. The van der Waals surface area contributed by atoms with E-state index < -0.39 is 0 Å². The number of benzene rings is 1.